The molecule has 0 fully saturated rings. The molecule has 0 aliphatic carbocycles. The predicted molar refractivity (Wildman–Crippen MR) is 131 cm³/mol. The van der Waals surface area contributed by atoms with Crippen molar-refractivity contribution >= 4 is 17.4 Å². The van der Waals surface area contributed by atoms with Crippen molar-refractivity contribution in [3.8, 4) is 0 Å². The fraction of sp³-hybridized carbons (Fsp3) is 0.308. The molecule has 6 nitrogen and oxygen atoms in total. The summed E-state index contributed by atoms with van der Waals surface area (Å²) in [7, 11) is 0. The Labute approximate surface area is 190 Å². The molecule has 0 spiro atoms. The van der Waals surface area contributed by atoms with Crippen molar-refractivity contribution in [3.63, 3.8) is 0 Å². The number of aliphatic hydroxyl groups excluding tert-OH is 1. The topological polar surface area (TPSA) is 100 Å². The summed E-state index contributed by atoms with van der Waals surface area (Å²) in [5.74, 6) is 0.126. The van der Waals surface area contributed by atoms with Crippen molar-refractivity contribution in [2.24, 2.45) is 0 Å². The Morgan fingerprint density at radius 3 is 2.31 bits per heavy atom. The normalized spacial score (nSPS) is 10.2. The Morgan fingerprint density at radius 1 is 1.00 bits per heavy atom. The number of carbonyl (C=O) groups is 1. The number of anilines is 2. The van der Waals surface area contributed by atoms with Crippen LogP contribution in [0.3, 0.4) is 0 Å². The van der Waals surface area contributed by atoms with Crippen LogP contribution in [-0.2, 0) is 13.2 Å². The zero-order chi connectivity index (χ0) is 23.2. The van der Waals surface area contributed by atoms with E-state index in [2.05, 4.69) is 22.5 Å². The molecule has 0 unspecified atom stereocenters. The number of rotatable bonds is 9. The molecule has 0 radical (unpaired) electrons. The first kappa shape index (κ1) is 25.0. The Bertz CT molecular complexity index is 941. The molecular weight excluding hydrogens is 400 g/mol. The molecule has 0 aliphatic rings. The van der Waals surface area contributed by atoms with Crippen LogP contribution >= 0.6 is 0 Å². The molecule has 2 aromatic carbocycles. The van der Waals surface area contributed by atoms with Crippen molar-refractivity contribution < 1.29 is 9.90 Å². The van der Waals surface area contributed by atoms with E-state index >= 15 is 0 Å². The number of nitrogens with one attached hydrogen (secondary N) is 2. The van der Waals surface area contributed by atoms with Crippen LogP contribution in [0, 0.1) is 6.92 Å². The van der Waals surface area contributed by atoms with E-state index < -0.39 is 0 Å². The minimum Gasteiger partial charge on any atom is -0.392 e. The first-order valence-electron chi connectivity index (χ1n) is 11.0. The Hall–Kier alpha value is -3.22. The molecular formula is C26H34N4O2. The summed E-state index contributed by atoms with van der Waals surface area (Å²) in [6.07, 6.45) is 5.27. The number of aliphatic hydroxyl groups is 1. The third kappa shape index (κ3) is 8.88. The molecule has 170 valence electrons. The molecule has 0 atom stereocenters. The van der Waals surface area contributed by atoms with E-state index in [1.807, 2.05) is 55.5 Å². The molecule has 1 heterocycles. The summed E-state index contributed by atoms with van der Waals surface area (Å²) in [4.78, 5) is 16.1. The van der Waals surface area contributed by atoms with Crippen LogP contribution in [-0.4, -0.2) is 22.5 Å². The monoisotopic (exact) mass is 434 g/mol. The minimum absolute atomic E-state index is 0.139. The quantitative estimate of drug-likeness (QED) is 0.366. The Balaban J connectivity index is 0.000000336. The molecule has 1 amide bonds. The minimum atomic E-state index is -0.188. The van der Waals surface area contributed by atoms with Gasteiger partial charge in [0.05, 0.1) is 12.3 Å². The van der Waals surface area contributed by atoms with Crippen LogP contribution in [0.25, 0.3) is 0 Å². The number of amides is 1. The zero-order valence-corrected chi connectivity index (χ0v) is 19.0. The van der Waals surface area contributed by atoms with Crippen molar-refractivity contribution in [3.05, 3.63) is 89.1 Å². The first-order valence-corrected chi connectivity index (χ1v) is 11.0. The van der Waals surface area contributed by atoms with Gasteiger partial charge in [0.15, 0.2) is 0 Å². The van der Waals surface area contributed by atoms with Gasteiger partial charge in [-0.25, -0.2) is 4.98 Å². The molecule has 32 heavy (non-hydrogen) atoms. The Morgan fingerprint density at radius 2 is 1.69 bits per heavy atom. The summed E-state index contributed by atoms with van der Waals surface area (Å²) in [5, 5.41) is 14.8. The first-order chi connectivity index (χ1) is 15.5. The van der Waals surface area contributed by atoms with Gasteiger partial charge >= 0.3 is 0 Å². The van der Waals surface area contributed by atoms with Gasteiger partial charge in [-0.15, -0.1) is 0 Å². The number of unbranched alkanes of at least 4 members (excludes halogenated alkanes) is 2. The number of carbonyl (C=O) groups excluding carboxylic acids is 1. The van der Waals surface area contributed by atoms with Crippen LogP contribution in [0.1, 0.15) is 53.2 Å². The lowest BCUT2D eigenvalue weighted by atomic mass is 10.1. The number of hydrogen-bond acceptors (Lipinski definition) is 5. The van der Waals surface area contributed by atoms with Gasteiger partial charge in [0.25, 0.3) is 5.91 Å². The number of benzene rings is 2. The average Bonchev–Trinajstić information content (AvgIpc) is 2.82. The number of pyridine rings is 1. The molecule has 1 aromatic heterocycles. The Kier molecular flexibility index (Phi) is 10.9. The van der Waals surface area contributed by atoms with E-state index in [1.165, 1.54) is 30.4 Å². The second kappa shape index (κ2) is 14.0. The summed E-state index contributed by atoms with van der Waals surface area (Å²) in [6, 6.07) is 18.9. The molecule has 3 aromatic rings. The van der Waals surface area contributed by atoms with Crippen molar-refractivity contribution in [2.45, 2.75) is 46.3 Å². The summed E-state index contributed by atoms with van der Waals surface area (Å²) >= 11 is 0. The third-order valence-corrected chi connectivity index (χ3v) is 4.89. The lowest BCUT2D eigenvalue weighted by molar-refractivity contribution is 0.102. The molecule has 0 saturated carbocycles. The van der Waals surface area contributed by atoms with Gasteiger partial charge in [0.2, 0.25) is 0 Å². The largest absolute Gasteiger partial charge is 0.392 e. The highest BCUT2D eigenvalue weighted by molar-refractivity contribution is 6.05. The second-order valence-electron chi connectivity index (χ2n) is 7.61. The number of hydrogen-bond donors (Lipinski definition) is 4. The van der Waals surface area contributed by atoms with Crippen LogP contribution in [0.15, 0.2) is 66.9 Å². The maximum atomic E-state index is 12.2. The van der Waals surface area contributed by atoms with E-state index in [0.717, 1.165) is 18.7 Å². The standard InChI is InChI=1S/C18H24N4O.C8H10O/c1-2-3-4-11-20-13-14-7-9-15(10-8-14)18(23)22-16-6-5-12-21-17(16)19;1-7-2-4-8(6-9)5-3-7/h5-10,12,20H,2-4,11,13H2,1H3,(H2,19,21)(H,22,23);2-5,9H,6H2,1H3. The van der Waals surface area contributed by atoms with Gasteiger partial charge in [-0.05, 0) is 55.3 Å². The predicted octanol–water partition coefficient (Wildman–Crippen LogP) is 4.68. The molecule has 3 rings (SSSR count). The van der Waals surface area contributed by atoms with Crippen molar-refractivity contribution in [2.75, 3.05) is 17.6 Å². The molecule has 0 bridgehead atoms. The summed E-state index contributed by atoms with van der Waals surface area (Å²) < 4.78 is 0. The van der Waals surface area contributed by atoms with Crippen molar-refractivity contribution in [1.82, 2.24) is 10.3 Å². The zero-order valence-electron chi connectivity index (χ0n) is 19.0. The van der Waals surface area contributed by atoms with Crippen LogP contribution in [0.2, 0.25) is 0 Å². The van der Waals surface area contributed by atoms with Gasteiger partial charge < -0.3 is 21.5 Å². The van der Waals surface area contributed by atoms with E-state index in [0.29, 0.717) is 17.1 Å². The van der Waals surface area contributed by atoms with E-state index in [1.54, 1.807) is 18.3 Å². The van der Waals surface area contributed by atoms with E-state index in [9.17, 15) is 4.79 Å². The highest BCUT2D eigenvalue weighted by atomic mass is 16.3. The maximum absolute atomic E-state index is 12.2. The van der Waals surface area contributed by atoms with Crippen molar-refractivity contribution in [1.29, 1.82) is 0 Å². The SMILES string of the molecule is CCCCCNCc1ccc(C(=O)Nc2cccnc2N)cc1.Cc1ccc(CO)cc1. The second-order valence-corrected chi connectivity index (χ2v) is 7.61. The lowest BCUT2D eigenvalue weighted by Gasteiger charge is -2.08. The smallest absolute Gasteiger partial charge is 0.255 e. The number of nitrogens with zero attached hydrogens (tertiary/aromatic N) is 1. The number of aryl methyl sites for hydroxylation is 1. The van der Waals surface area contributed by atoms with Gasteiger partial charge in [-0.2, -0.15) is 0 Å². The number of aromatic nitrogens is 1. The van der Waals surface area contributed by atoms with Gasteiger partial charge in [-0.3, -0.25) is 4.79 Å². The maximum Gasteiger partial charge on any atom is 0.255 e. The van der Waals surface area contributed by atoms with Crippen LogP contribution in [0.5, 0.6) is 0 Å². The number of nitrogens with two attached hydrogens (primary N) is 1. The third-order valence-electron chi connectivity index (χ3n) is 4.89. The molecule has 0 aliphatic heterocycles. The lowest BCUT2D eigenvalue weighted by Crippen LogP contribution is -2.15. The highest BCUT2D eigenvalue weighted by Gasteiger charge is 2.08. The fourth-order valence-corrected chi connectivity index (χ4v) is 2.92. The average molecular weight is 435 g/mol. The van der Waals surface area contributed by atoms with Gasteiger partial charge in [0.1, 0.15) is 5.82 Å². The van der Waals surface area contributed by atoms with Gasteiger partial charge in [0, 0.05) is 18.3 Å². The summed E-state index contributed by atoms with van der Waals surface area (Å²) in [6.45, 7) is 6.21. The molecule has 0 saturated heterocycles. The molecule has 6 heteroatoms. The van der Waals surface area contributed by atoms with E-state index in [4.69, 9.17) is 10.8 Å². The summed E-state index contributed by atoms with van der Waals surface area (Å²) in [5.41, 5.74) is 10.2. The van der Waals surface area contributed by atoms with E-state index in [-0.39, 0.29) is 12.5 Å². The van der Waals surface area contributed by atoms with Crippen LogP contribution in [0.4, 0.5) is 11.5 Å². The highest BCUT2D eigenvalue weighted by Crippen LogP contribution is 2.15. The van der Waals surface area contributed by atoms with Crippen LogP contribution < -0.4 is 16.4 Å². The van der Waals surface area contributed by atoms with Gasteiger partial charge in [-0.1, -0.05) is 61.7 Å². The fourth-order valence-electron chi connectivity index (χ4n) is 2.92. The molecule has 5 N–H and O–H groups in total. The number of nitrogen functional groups attached to an aromatic ring is 1.